The molecule has 16 heteroatoms. The molecule has 4 fully saturated rings. The molecule has 0 unspecified atom stereocenters. The number of benzene rings is 3. The van der Waals surface area contributed by atoms with Crippen molar-refractivity contribution in [3.05, 3.63) is 77.7 Å². The summed E-state index contributed by atoms with van der Waals surface area (Å²) in [5, 5.41) is 27.6. The van der Waals surface area contributed by atoms with Gasteiger partial charge in [-0.25, -0.2) is 9.18 Å². The van der Waals surface area contributed by atoms with Crippen LogP contribution >= 0.6 is 0 Å². The number of piperidine rings is 2. The number of aromatic nitrogens is 2. The molecule has 3 aromatic carbocycles. The van der Waals surface area contributed by atoms with Gasteiger partial charge in [-0.1, -0.05) is 33.8 Å². The lowest BCUT2D eigenvalue weighted by Crippen LogP contribution is -2.74. The normalized spacial score (nSPS) is 21.3. The van der Waals surface area contributed by atoms with E-state index in [2.05, 4.69) is 58.9 Å². The number of carboxylic acid groups (broad SMARTS) is 1. The zero-order chi connectivity index (χ0) is 45.1. The fourth-order valence-electron chi connectivity index (χ4n) is 10.4. The number of rotatable bonds is 11. The molecule has 1 aromatic heterocycles. The molecule has 63 heavy (non-hydrogen) atoms. The first-order valence-corrected chi connectivity index (χ1v) is 21.8. The molecule has 4 aliphatic rings. The molecule has 3 N–H and O–H groups in total. The molecule has 8 rings (SSSR count). The van der Waals surface area contributed by atoms with Gasteiger partial charge in [-0.2, -0.15) is 10.4 Å². The summed E-state index contributed by atoms with van der Waals surface area (Å²) in [6.07, 6.45) is 5.75. The second kappa shape index (κ2) is 18.6. The molecule has 3 aliphatic heterocycles. The molecule has 4 heterocycles. The number of carbonyl (C=O) groups is 4. The van der Waals surface area contributed by atoms with Gasteiger partial charge in [0.05, 0.1) is 41.3 Å². The highest BCUT2D eigenvalue weighted by Gasteiger charge is 2.64. The molecule has 1 saturated carbocycles. The van der Waals surface area contributed by atoms with Crippen molar-refractivity contribution in [3.8, 4) is 17.6 Å². The minimum absolute atomic E-state index is 0.233. The third-order valence-corrected chi connectivity index (χ3v) is 13.3. The number of ether oxygens (including phenoxy) is 2. The summed E-state index contributed by atoms with van der Waals surface area (Å²) in [6.45, 7) is 15.1. The Morgan fingerprint density at radius 3 is 2.37 bits per heavy atom. The largest absolute Gasteiger partial charge is 0.492 e. The van der Waals surface area contributed by atoms with Crippen molar-refractivity contribution < 1.29 is 38.1 Å². The lowest BCUT2D eigenvalue weighted by atomic mass is 9.49. The van der Waals surface area contributed by atoms with Crippen molar-refractivity contribution in [3.63, 3.8) is 0 Å². The molecule has 0 spiro atoms. The van der Waals surface area contributed by atoms with Gasteiger partial charge in [-0.15, -0.1) is 0 Å². The summed E-state index contributed by atoms with van der Waals surface area (Å²) >= 11 is 0. The van der Waals surface area contributed by atoms with Crippen molar-refractivity contribution >= 4 is 46.6 Å². The second-order valence-electron chi connectivity index (χ2n) is 18.0. The van der Waals surface area contributed by atoms with Crippen molar-refractivity contribution in [1.82, 2.24) is 25.3 Å². The SMILES string of the molecule is CCOc1cc(OC2C(C)(C)C(NC(=O)c3ccc(N4CCC(CN5CCC(n6ncc7c(N8CCC(=O)NC8=O)cccc76)CC5)CC4)c(F)c3)C2(C)C)ccc1C#N.O=CO. The second-order valence-corrected chi connectivity index (χ2v) is 18.0. The molecule has 4 aromatic rings. The fourth-order valence-corrected chi connectivity index (χ4v) is 10.4. The molecule has 1 aliphatic carbocycles. The number of halogens is 1. The number of likely N-dealkylation sites (tertiary alicyclic amines) is 1. The zero-order valence-corrected chi connectivity index (χ0v) is 36.6. The first kappa shape index (κ1) is 44.8. The molecular formula is C47H57FN8O7. The third-order valence-electron chi connectivity index (χ3n) is 13.3. The quantitative estimate of drug-likeness (QED) is 0.136. The summed E-state index contributed by atoms with van der Waals surface area (Å²) in [6, 6.07) is 17.7. The molecule has 0 atom stereocenters. The maximum Gasteiger partial charge on any atom is 0.328 e. The number of urea groups is 1. The Morgan fingerprint density at radius 2 is 1.71 bits per heavy atom. The van der Waals surface area contributed by atoms with Crippen molar-refractivity contribution in [2.45, 2.75) is 84.9 Å². The molecule has 4 amide bonds. The van der Waals surface area contributed by atoms with E-state index in [9.17, 15) is 19.6 Å². The van der Waals surface area contributed by atoms with E-state index in [1.165, 1.54) is 6.07 Å². The van der Waals surface area contributed by atoms with Gasteiger partial charge in [0.25, 0.3) is 12.4 Å². The number of anilines is 2. The van der Waals surface area contributed by atoms with E-state index in [-0.39, 0.29) is 48.5 Å². The topological polar surface area (TPSA) is 182 Å². The monoisotopic (exact) mass is 864 g/mol. The molecule has 15 nitrogen and oxygen atoms in total. The number of nitrogens with zero attached hydrogens (tertiary/aromatic N) is 6. The summed E-state index contributed by atoms with van der Waals surface area (Å²) in [5.41, 5.74) is 2.15. The average Bonchev–Trinajstić information content (AvgIpc) is 3.70. The Labute approximate surface area is 367 Å². The van der Waals surface area contributed by atoms with Gasteiger partial charge in [0.2, 0.25) is 5.91 Å². The predicted octanol–water partition coefficient (Wildman–Crippen LogP) is 6.76. The van der Waals surface area contributed by atoms with Gasteiger partial charge >= 0.3 is 6.03 Å². The summed E-state index contributed by atoms with van der Waals surface area (Å²) in [7, 11) is 0. The minimum atomic E-state index is -0.434. The Kier molecular flexibility index (Phi) is 13.3. The molecule has 0 radical (unpaired) electrons. The fraction of sp³-hybridized carbons (Fsp3) is 0.489. The van der Waals surface area contributed by atoms with Crippen LogP contribution in [0.15, 0.2) is 60.8 Å². The van der Waals surface area contributed by atoms with Gasteiger partial charge in [-0.05, 0) is 81.0 Å². The summed E-state index contributed by atoms with van der Waals surface area (Å²) in [5.74, 6) is 0.631. The molecular weight excluding hydrogens is 808 g/mol. The molecule has 0 bridgehead atoms. The van der Waals surface area contributed by atoms with Crippen LogP contribution in [-0.4, -0.2) is 102 Å². The van der Waals surface area contributed by atoms with Gasteiger partial charge in [0.15, 0.2) is 0 Å². The number of hydrogen-bond acceptors (Lipinski definition) is 10. The van der Waals surface area contributed by atoms with Crippen molar-refractivity contribution in [2.24, 2.45) is 16.7 Å². The minimum Gasteiger partial charge on any atom is -0.492 e. The highest BCUT2D eigenvalue weighted by molar-refractivity contribution is 6.09. The van der Waals surface area contributed by atoms with Gasteiger partial charge in [0, 0.05) is 79.6 Å². The van der Waals surface area contributed by atoms with E-state index >= 15 is 4.39 Å². The highest BCUT2D eigenvalue weighted by Crippen LogP contribution is 2.55. The van der Waals surface area contributed by atoms with Crippen LogP contribution in [0, 0.1) is 33.9 Å². The molecule has 334 valence electrons. The van der Waals surface area contributed by atoms with Gasteiger partial charge in [-0.3, -0.25) is 29.3 Å². The number of hydrogen-bond donors (Lipinski definition) is 3. The highest BCUT2D eigenvalue weighted by atomic mass is 19.1. The first-order valence-electron chi connectivity index (χ1n) is 21.8. The number of nitrogens with one attached hydrogen (secondary N) is 2. The van der Waals surface area contributed by atoms with Crippen LogP contribution in [0.3, 0.4) is 0 Å². The third kappa shape index (κ3) is 9.15. The number of imide groups is 1. The van der Waals surface area contributed by atoms with Gasteiger partial charge < -0.3 is 29.7 Å². The van der Waals surface area contributed by atoms with Gasteiger partial charge in [0.1, 0.15) is 29.5 Å². The Bertz CT molecular complexity index is 2360. The number of nitriles is 1. The standard InChI is InChI=1S/C46H55FN8O5.CH2O2/c1-6-59-39-25-33(12-10-31(39)26-48)60-43-45(2,3)42(46(43,4)5)51-41(57)30-11-13-38(35(47)24-30)53-21-14-29(15-22-53)28-52-19-16-32(17-20-52)55-37-9-7-8-36(34(37)27-49-55)54-23-18-40(56)50-44(54)58;2-1-3/h7-13,24-25,27,29,32,42-43H,6,14-23,28H2,1-5H3,(H,51,57)(H,50,56,58);1H,(H,2,3). The lowest BCUT2D eigenvalue weighted by Gasteiger charge is -2.63. The predicted molar refractivity (Wildman–Crippen MR) is 236 cm³/mol. The number of carbonyl (C=O) groups excluding carboxylic acids is 3. The van der Waals surface area contributed by atoms with Crippen molar-refractivity contribution in [1.29, 1.82) is 5.26 Å². The Hall–Kier alpha value is -6.21. The maximum atomic E-state index is 15.7. The summed E-state index contributed by atoms with van der Waals surface area (Å²) in [4.78, 5) is 52.5. The zero-order valence-electron chi connectivity index (χ0n) is 36.6. The van der Waals surface area contributed by atoms with E-state index in [0.29, 0.717) is 41.8 Å². The van der Waals surface area contributed by atoms with Crippen LogP contribution in [0.25, 0.3) is 10.9 Å². The smallest absolute Gasteiger partial charge is 0.328 e. The van der Waals surface area contributed by atoms with Crippen molar-refractivity contribution in [2.75, 3.05) is 55.7 Å². The maximum absolute atomic E-state index is 15.7. The van der Waals surface area contributed by atoms with Crippen LogP contribution in [-0.2, 0) is 9.59 Å². The van der Waals surface area contributed by atoms with Crippen LogP contribution in [0.1, 0.15) is 88.7 Å². The van der Waals surface area contributed by atoms with E-state index in [4.69, 9.17) is 24.5 Å². The average molecular weight is 865 g/mol. The lowest BCUT2D eigenvalue weighted by molar-refractivity contribution is -0.164. The van der Waals surface area contributed by atoms with Crippen LogP contribution in [0.4, 0.5) is 20.6 Å². The Balaban J connectivity index is 0.00000193. The number of fused-ring (bicyclic) bond motifs is 1. The first-order chi connectivity index (χ1) is 30.2. The van der Waals surface area contributed by atoms with E-state index in [0.717, 1.165) is 75.0 Å². The van der Waals surface area contributed by atoms with Crippen LogP contribution in [0.5, 0.6) is 11.5 Å². The van der Waals surface area contributed by atoms with E-state index in [1.54, 1.807) is 35.2 Å². The van der Waals surface area contributed by atoms with Crippen LogP contribution in [0.2, 0.25) is 0 Å². The Morgan fingerprint density at radius 1 is 1.00 bits per heavy atom. The molecule has 3 saturated heterocycles. The van der Waals surface area contributed by atoms with Crippen LogP contribution < -0.4 is 29.9 Å². The van der Waals surface area contributed by atoms with E-state index in [1.807, 2.05) is 31.3 Å². The van der Waals surface area contributed by atoms with E-state index < -0.39 is 22.7 Å². The number of amides is 4. The summed E-state index contributed by atoms with van der Waals surface area (Å²) < 4.78 is 29.9.